The maximum atomic E-state index is 3.75. The van der Waals surface area contributed by atoms with Gasteiger partial charge in [0.15, 0.2) is 0 Å². The van der Waals surface area contributed by atoms with Crippen molar-refractivity contribution in [2.45, 2.75) is 50.3 Å². The van der Waals surface area contributed by atoms with Crippen LogP contribution in [-0.2, 0) is 0 Å². The van der Waals surface area contributed by atoms with Crippen molar-refractivity contribution in [3.63, 3.8) is 0 Å². The molecule has 0 saturated heterocycles. The van der Waals surface area contributed by atoms with E-state index in [1.54, 1.807) is 0 Å². The Hall–Kier alpha value is -0.470. The van der Waals surface area contributed by atoms with Crippen molar-refractivity contribution in [2.75, 3.05) is 12.8 Å². The highest BCUT2D eigenvalue weighted by Gasteiger charge is 2.32. The maximum absolute atomic E-state index is 3.75. The van der Waals surface area contributed by atoms with E-state index in [9.17, 15) is 0 Å². The van der Waals surface area contributed by atoms with E-state index >= 15 is 0 Å². The number of nitrogens with one attached hydrogen (secondary N) is 1. The molecule has 0 aromatic heterocycles. The standard InChI is InChI=1S/C16H25NS/c1-13-8-4-5-9-15(13)14(2)17-12-16(18-3)10-6-7-11-16/h4-5,8-9,14,17H,6-7,10-12H2,1-3H3. The smallest absolute Gasteiger partial charge is 0.0294 e. The number of hydrogen-bond acceptors (Lipinski definition) is 2. The largest absolute Gasteiger partial charge is 0.309 e. The average Bonchev–Trinajstić information content (AvgIpc) is 2.86. The Morgan fingerprint density at radius 3 is 2.56 bits per heavy atom. The van der Waals surface area contributed by atoms with Gasteiger partial charge in [-0.15, -0.1) is 0 Å². The first-order valence-electron chi connectivity index (χ1n) is 7.01. The first-order chi connectivity index (χ1) is 8.67. The lowest BCUT2D eigenvalue weighted by Gasteiger charge is -2.29. The molecule has 0 heterocycles. The molecule has 2 rings (SSSR count). The molecule has 1 aromatic carbocycles. The molecule has 2 heteroatoms. The predicted molar refractivity (Wildman–Crippen MR) is 82.3 cm³/mol. The van der Waals surface area contributed by atoms with Crippen LogP contribution in [0, 0.1) is 6.92 Å². The molecule has 1 aromatic rings. The van der Waals surface area contributed by atoms with Crippen LogP contribution in [0.25, 0.3) is 0 Å². The summed E-state index contributed by atoms with van der Waals surface area (Å²) in [5.41, 5.74) is 2.83. The van der Waals surface area contributed by atoms with Crippen molar-refractivity contribution in [1.29, 1.82) is 0 Å². The normalized spacial score (nSPS) is 19.9. The van der Waals surface area contributed by atoms with E-state index in [1.165, 1.54) is 36.8 Å². The molecule has 0 radical (unpaired) electrons. The van der Waals surface area contributed by atoms with Gasteiger partial charge in [0.1, 0.15) is 0 Å². The van der Waals surface area contributed by atoms with Gasteiger partial charge in [-0.1, -0.05) is 37.1 Å². The Bertz CT molecular complexity index is 382. The predicted octanol–water partition coefficient (Wildman–Crippen LogP) is 4.32. The van der Waals surface area contributed by atoms with Crippen molar-refractivity contribution in [1.82, 2.24) is 5.32 Å². The Morgan fingerprint density at radius 2 is 1.94 bits per heavy atom. The van der Waals surface area contributed by atoms with Crippen molar-refractivity contribution in [3.8, 4) is 0 Å². The monoisotopic (exact) mass is 263 g/mol. The summed E-state index contributed by atoms with van der Waals surface area (Å²) in [6, 6.07) is 9.16. The van der Waals surface area contributed by atoms with E-state index in [0.717, 1.165) is 6.54 Å². The number of aryl methyl sites for hydroxylation is 1. The Morgan fingerprint density at radius 1 is 1.28 bits per heavy atom. The van der Waals surface area contributed by atoms with Gasteiger partial charge in [-0.3, -0.25) is 0 Å². The third-order valence-electron chi connectivity index (χ3n) is 4.33. The Kier molecular flexibility index (Phi) is 4.74. The van der Waals surface area contributed by atoms with Crippen molar-refractivity contribution in [2.24, 2.45) is 0 Å². The van der Waals surface area contributed by atoms with Crippen LogP contribution in [0.1, 0.15) is 49.8 Å². The van der Waals surface area contributed by atoms with Crippen LogP contribution >= 0.6 is 11.8 Å². The molecule has 1 nitrogen and oxygen atoms in total. The second kappa shape index (κ2) is 6.12. The summed E-state index contributed by atoms with van der Waals surface area (Å²) in [6.45, 7) is 5.63. The maximum Gasteiger partial charge on any atom is 0.0294 e. The number of rotatable bonds is 5. The van der Waals surface area contributed by atoms with E-state index in [1.807, 2.05) is 0 Å². The Labute approximate surface area is 116 Å². The lowest BCUT2D eigenvalue weighted by atomic mass is 10.0. The van der Waals surface area contributed by atoms with Gasteiger partial charge in [-0.25, -0.2) is 0 Å². The molecule has 1 atom stereocenters. The molecule has 1 fully saturated rings. The lowest BCUT2D eigenvalue weighted by molar-refractivity contribution is 0.485. The van der Waals surface area contributed by atoms with E-state index in [0.29, 0.717) is 10.8 Å². The van der Waals surface area contributed by atoms with E-state index in [-0.39, 0.29) is 0 Å². The summed E-state index contributed by atoms with van der Waals surface area (Å²) >= 11 is 2.06. The summed E-state index contributed by atoms with van der Waals surface area (Å²) < 4.78 is 0.497. The molecular weight excluding hydrogens is 238 g/mol. The highest BCUT2D eigenvalue weighted by atomic mass is 32.2. The zero-order chi connectivity index (χ0) is 13.0. The third-order valence-corrected chi connectivity index (χ3v) is 5.75. The second-order valence-corrected chi connectivity index (χ2v) is 6.83. The van der Waals surface area contributed by atoms with Gasteiger partial charge in [0.2, 0.25) is 0 Å². The fourth-order valence-corrected chi connectivity index (χ4v) is 3.92. The van der Waals surface area contributed by atoms with Gasteiger partial charge in [0, 0.05) is 17.3 Å². The van der Waals surface area contributed by atoms with Crippen LogP contribution in [0.15, 0.2) is 24.3 Å². The van der Waals surface area contributed by atoms with Gasteiger partial charge >= 0.3 is 0 Å². The van der Waals surface area contributed by atoms with E-state index in [4.69, 9.17) is 0 Å². The summed E-state index contributed by atoms with van der Waals surface area (Å²) in [4.78, 5) is 0. The van der Waals surface area contributed by atoms with Gasteiger partial charge in [-0.2, -0.15) is 11.8 Å². The molecule has 0 aliphatic heterocycles. The molecule has 1 aliphatic rings. The molecule has 1 aliphatic carbocycles. The summed E-state index contributed by atoms with van der Waals surface area (Å²) in [6.07, 6.45) is 7.83. The number of hydrogen-bond donors (Lipinski definition) is 1. The summed E-state index contributed by atoms with van der Waals surface area (Å²) in [5, 5.41) is 3.75. The van der Waals surface area contributed by atoms with Gasteiger partial charge in [0.05, 0.1) is 0 Å². The minimum atomic E-state index is 0.454. The summed E-state index contributed by atoms with van der Waals surface area (Å²) in [5.74, 6) is 0. The fraction of sp³-hybridized carbons (Fsp3) is 0.625. The highest BCUT2D eigenvalue weighted by Crippen LogP contribution is 2.40. The topological polar surface area (TPSA) is 12.0 Å². The van der Waals surface area contributed by atoms with Crippen LogP contribution in [0.3, 0.4) is 0 Å². The highest BCUT2D eigenvalue weighted by molar-refractivity contribution is 8.00. The third kappa shape index (κ3) is 3.10. The molecule has 0 spiro atoms. The van der Waals surface area contributed by atoms with E-state index in [2.05, 4.69) is 61.4 Å². The second-order valence-electron chi connectivity index (χ2n) is 5.55. The molecule has 1 saturated carbocycles. The van der Waals surface area contributed by atoms with Crippen LogP contribution in [0.4, 0.5) is 0 Å². The molecule has 1 unspecified atom stereocenters. The molecule has 1 N–H and O–H groups in total. The average molecular weight is 263 g/mol. The molecular formula is C16H25NS. The fourth-order valence-electron chi connectivity index (χ4n) is 2.99. The zero-order valence-corrected chi connectivity index (χ0v) is 12.6. The molecule has 0 bridgehead atoms. The molecule has 18 heavy (non-hydrogen) atoms. The van der Waals surface area contributed by atoms with E-state index < -0.39 is 0 Å². The van der Waals surface area contributed by atoms with Crippen LogP contribution in [-0.4, -0.2) is 17.5 Å². The summed E-state index contributed by atoms with van der Waals surface area (Å²) in [7, 11) is 0. The van der Waals surface area contributed by atoms with Crippen LogP contribution in [0.5, 0.6) is 0 Å². The first-order valence-corrected chi connectivity index (χ1v) is 8.23. The molecule has 100 valence electrons. The SMILES string of the molecule is CSC1(CNC(C)c2ccccc2C)CCCC1. The quantitative estimate of drug-likeness (QED) is 0.849. The number of thioether (sulfide) groups is 1. The lowest BCUT2D eigenvalue weighted by Crippen LogP contribution is -2.36. The van der Waals surface area contributed by atoms with Gasteiger partial charge < -0.3 is 5.32 Å². The van der Waals surface area contributed by atoms with Crippen LogP contribution < -0.4 is 5.32 Å². The van der Waals surface area contributed by atoms with Crippen molar-refractivity contribution < 1.29 is 0 Å². The molecule has 0 amide bonds. The zero-order valence-electron chi connectivity index (χ0n) is 11.8. The number of benzene rings is 1. The first kappa shape index (κ1) is 14.0. The van der Waals surface area contributed by atoms with Crippen molar-refractivity contribution >= 4 is 11.8 Å². The van der Waals surface area contributed by atoms with Gasteiger partial charge in [-0.05, 0) is 44.1 Å². The van der Waals surface area contributed by atoms with Crippen molar-refractivity contribution in [3.05, 3.63) is 35.4 Å². The van der Waals surface area contributed by atoms with Crippen LogP contribution in [0.2, 0.25) is 0 Å². The van der Waals surface area contributed by atoms with Gasteiger partial charge in [0.25, 0.3) is 0 Å². The minimum absolute atomic E-state index is 0.454. The Balaban J connectivity index is 1.96. The minimum Gasteiger partial charge on any atom is -0.309 e.